The highest BCUT2D eigenvalue weighted by atomic mass is 16.2. The van der Waals surface area contributed by atoms with Gasteiger partial charge in [0, 0.05) is 36.9 Å². The van der Waals surface area contributed by atoms with Crippen molar-refractivity contribution in [3.8, 4) is 0 Å². The number of carbonyl (C=O) groups is 2. The van der Waals surface area contributed by atoms with Crippen LogP contribution in [-0.2, 0) is 4.79 Å². The van der Waals surface area contributed by atoms with Gasteiger partial charge in [-0.2, -0.15) is 0 Å². The van der Waals surface area contributed by atoms with Crippen LogP contribution in [0.1, 0.15) is 23.2 Å². The van der Waals surface area contributed by atoms with Crippen LogP contribution >= 0.6 is 0 Å². The summed E-state index contributed by atoms with van der Waals surface area (Å²) in [4.78, 5) is 38.4. The Morgan fingerprint density at radius 1 is 0.958 bits per heavy atom. The lowest BCUT2D eigenvalue weighted by Gasteiger charge is -2.05. The van der Waals surface area contributed by atoms with Gasteiger partial charge in [-0.25, -0.2) is 0 Å². The van der Waals surface area contributed by atoms with Crippen molar-refractivity contribution >= 4 is 28.2 Å². The summed E-state index contributed by atoms with van der Waals surface area (Å²) in [5.74, 6) is -0.460. The first-order valence-electron chi connectivity index (χ1n) is 7.62. The summed E-state index contributed by atoms with van der Waals surface area (Å²) in [7, 11) is 0. The molecule has 1 heterocycles. The number of ketones is 1. The fraction of sp³-hybridized carbons (Fsp3) is 0.105. The van der Waals surface area contributed by atoms with Gasteiger partial charge in [0.25, 0.3) is 0 Å². The molecule has 1 aromatic heterocycles. The van der Waals surface area contributed by atoms with E-state index in [9.17, 15) is 14.4 Å². The lowest BCUT2D eigenvalue weighted by atomic mass is 10.0. The third-order valence-electron chi connectivity index (χ3n) is 3.75. The number of hydrogen-bond donors (Lipinski definition) is 2. The lowest BCUT2D eigenvalue weighted by Crippen LogP contribution is -2.18. The minimum atomic E-state index is -0.360. The average Bonchev–Trinajstić information content (AvgIpc) is 2.61. The third-order valence-corrected chi connectivity index (χ3v) is 3.75. The number of hydrogen-bond acceptors (Lipinski definition) is 3. The van der Waals surface area contributed by atoms with Crippen LogP contribution in [0, 0.1) is 0 Å². The molecule has 0 bridgehead atoms. The number of amides is 1. The molecule has 2 aromatic carbocycles. The molecule has 0 aliphatic rings. The molecular formula is C19H16N2O3. The molecule has 0 saturated heterocycles. The number of pyridine rings is 1. The number of benzene rings is 2. The second-order valence-corrected chi connectivity index (χ2v) is 5.46. The normalized spacial score (nSPS) is 10.5. The van der Waals surface area contributed by atoms with E-state index in [0.29, 0.717) is 5.56 Å². The van der Waals surface area contributed by atoms with Crippen LogP contribution in [0.4, 0.5) is 5.69 Å². The molecule has 120 valence electrons. The monoisotopic (exact) mass is 320 g/mol. The molecule has 0 aliphatic carbocycles. The van der Waals surface area contributed by atoms with E-state index in [4.69, 9.17) is 0 Å². The smallest absolute Gasteiger partial charge is 0.224 e. The largest absolute Gasteiger partial charge is 0.366 e. The van der Waals surface area contributed by atoms with E-state index in [-0.39, 0.29) is 35.6 Å². The number of aromatic nitrogens is 1. The molecule has 0 atom stereocenters. The SMILES string of the molecule is O=C(CCC(=O)c1ccc2ccccc2c1)Nc1c[nH]ccc1=O. The van der Waals surface area contributed by atoms with Crippen LogP contribution in [-0.4, -0.2) is 16.7 Å². The van der Waals surface area contributed by atoms with Crippen LogP contribution in [0.5, 0.6) is 0 Å². The van der Waals surface area contributed by atoms with Crippen molar-refractivity contribution < 1.29 is 9.59 Å². The van der Waals surface area contributed by atoms with Gasteiger partial charge in [-0.3, -0.25) is 14.4 Å². The van der Waals surface area contributed by atoms with Crippen LogP contribution in [0.25, 0.3) is 10.8 Å². The highest BCUT2D eigenvalue weighted by Crippen LogP contribution is 2.17. The molecule has 0 aliphatic heterocycles. The Hall–Kier alpha value is -3.21. The standard InChI is InChI=1S/C19H16N2O3/c22-17(15-6-5-13-3-1-2-4-14(13)11-15)7-8-19(24)21-16-12-20-10-9-18(16)23/h1-6,9-12H,7-8H2,(H,20,23)(H,21,24). The van der Waals surface area contributed by atoms with E-state index < -0.39 is 0 Å². The quantitative estimate of drug-likeness (QED) is 0.709. The summed E-state index contributed by atoms with van der Waals surface area (Å²) < 4.78 is 0. The summed E-state index contributed by atoms with van der Waals surface area (Å²) in [5, 5.41) is 4.57. The first-order valence-corrected chi connectivity index (χ1v) is 7.62. The second kappa shape index (κ2) is 6.91. The number of carbonyl (C=O) groups excluding carboxylic acids is 2. The van der Waals surface area contributed by atoms with Crippen LogP contribution in [0.3, 0.4) is 0 Å². The van der Waals surface area contributed by atoms with Crippen molar-refractivity contribution in [1.29, 1.82) is 0 Å². The van der Waals surface area contributed by atoms with Gasteiger partial charge in [-0.05, 0) is 16.8 Å². The van der Waals surface area contributed by atoms with Crippen molar-refractivity contribution in [3.63, 3.8) is 0 Å². The van der Waals surface area contributed by atoms with E-state index in [2.05, 4.69) is 10.3 Å². The molecule has 2 N–H and O–H groups in total. The zero-order valence-electron chi connectivity index (χ0n) is 12.9. The third kappa shape index (κ3) is 3.57. The van der Waals surface area contributed by atoms with E-state index in [1.54, 1.807) is 6.07 Å². The Morgan fingerprint density at radius 2 is 1.75 bits per heavy atom. The van der Waals surface area contributed by atoms with E-state index in [0.717, 1.165) is 10.8 Å². The summed E-state index contributed by atoms with van der Waals surface area (Å²) in [6.45, 7) is 0. The highest BCUT2D eigenvalue weighted by Gasteiger charge is 2.11. The minimum absolute atomic E-state index is 0.0278. The zero-order valence-corrected chi connectivity index (χ0v) is 12.9. The fourth-order valence-electron chi connectivity index (χ4n) is 2.46. The van der Waals surface area contributed by atoms with Crippen molar-refractivity contribution in [2.45, 2.75) is 12.8 Å². The lowest BCUT2D eigenvalue weighted by molar-refractivity contribution is -0.116. The molecule has 5 heteroatoms. The predicted molar refractivity (Wildman–Crippen MR) is 93.2 cm³/mol. The number of rotatable bonds is 5. The van der Waals surface area contributed by atoms with Crippen molar-refractivity contribution in [2.24, 2.45) is 0 Å². The van der Waals surface area contributed by atoms with Gasteiger partial charge in [-0.1, -0.05) is 36.4 Å². The maximum absolute atomic E-state index is 12.3. The summed E-state index contributed by atoms with van der Waals surface area (Å²) in [6.07, 6.45) is 3.03. The Balaban J connectivity index is 1.63. The number of fused-ring (bicyclic) bond motifs is 1. The summed E-state index contributed by atoms with van der Waals surface area (Å²) in [6, 6.07) is 14.6. The highest BCUT2D eigenvalue weighted by molar-refractivity contribution is 6.02. The van der Waals surface area contributed by atoms with Crippen LogP contribution in [0.2, 0.25) is 0 Å². The molecule has 5 nitrogen and oxygen atoms in total. The molecule has 0 spiro atoms. The minimum Gasteiger partial charge on any atom is -0.366 e. The summed E-state index contributed by atoms with van der Waals surface area (Å²) in [5.41, 5.74) is 0.489. The van der Waals surface area contributed by atoms with Crippen molar-refractivity contribution in [3.05, 3.63) is 76.7 Å². The number of H-pyrrole nitrogens is 1. The molecule has 0 radical (unpaired) electrons. The van der Waals surface area contributed by atoms with E-state index in [1.807, 2.05) is 36.4 Å². The van der Waals surface area contributed by atoms with Gasteiger partial charge in [0.15, 0.2) is 5.78 Å². The Bertz CT molecular complexity index is 960. The Morgan fingerprint density at radius 3 is 2.54 bits per heavy atom. The molecule has 1 amide bonds. The van der Waals surface area contributed by atoms with Gasteiger partial charge in [0.05, 0.1) is 0 Å². The Kier molecular flexibility index (Phi) is 4.52. The van der Waals surface area contributed by atoms with Gasteiger partial charge in [-0.15, -0.1) is 0 Å². The van der Waals surface area contributed by atoms with Gasteiger partial charge >= 0.3 is 0 Å². The summed E-state index contributed by atoms with van der Waals surface area (Å²) >= 11 is 0. The number of anilines is 1. The van der Waals surface area contributed by atoms with Crippen LogP contribution < -0.4 is 10.7 Å². The van der Waals surface area contributed by atoms with Gasteiger partial charge in [0.2, 0.25) is 11.3 Å². The number of aromatic amines is 1. The maximum Gasteiger partial charge on any atom is 0.224 e. The van der Waals surface area contributed by atoms with Crippen LogP contribution in [0.15, 0.2) is 65.7 Å². The molecule has 24 heavy (non-hydrogen) atoms. The van der Waals surface area contributed by atoms with Crippen molar-refractivity contribution in [2.75, 3.05) is 5.32 Å². The fourth-order valence-corrected chi connectivity index (χ4v) is 2.46. The predicted octanol–water partition coefficient (Wildman–Crippen LogP) is 3.13. The average molecular weight is 320 g/mol. The van der Waals surface area contributed by atoms with E-state index >= 15 is 0 Å². The van der Waals surface area contributed by atoms with Crippen molar-refractivity contribution in [1.82, 2.24) is 4.98 Å². The second-order valence-electron chi connectivity index (χ2n) is 5.46. The molecule has 0 unspecified atom stereocenters. The first kappa shape index (κ1) is 15.7. The maximum atomic E-state index is 12.3. The molecule has 3 rings (SSSR count). The van der Waals surface area contributed by atoms with Gasteiger partial charge < -0.3 is 10.3 Å². The zero-order chi connectivity index (χ0) is 16.9. The molecular weight excluding hydrogens is 304 g/mol. The molecule has 0 saturated carbocycles. The number of nitrogens with one attached hydrogen (secondary N) is 2. The molecule has 3 aromatic rings. The molecule has 0 fully saturated rings. The topological polar surface area (TPSA) is 79.0 Å². The van der Waals surface area contributed by atoms with Gasteiger partial charge in [0.1, 0.15) is 5.69 Å². The Labute approximate surface area is 138 Å². The van der Waals surface area contributed by atoms with E-state index in [1.165, 1.54) is 18.5 Å². The number of Topliss-reactive ketones (excluding diaryl/α,β-unsaturated/α-hetero) is 1. The first-order chi connectivity index (χ1) is 11.6.